The summed E-state index contributed by atoms with van der Waals surface area (Å²) in [5.41, 5.74) is 4.24. The second-order valence-electron chi connectivity index (χ2n) is 6.14. The van der Waals surface area contributed by atoms with Gasteiger partial charge < -0.3 is 4.52 Å². The predicted octanol–water partition coefficient (Wildman–Crippen LogP) is 4.40. The van der Waals surface area contributed by atoms with Crippen LogP contribution in [0.1, 0.15) is 22.6 Å². The molecule has 0 amide bonds. The number of aromatic nitrogens is 1. The van der Waals surface area contributed by atoms with Gasteiger partial charge in [-0.05, 0) is 61.7 Å². The summed E-state index contributed by atoms with van der Waals surface area (Å²) in [6.45, 7) is 5.69. The van der Waals surface area contributed by atoms with E-state index in [1.807, 2.05) is 38.1 Å². The van der Waals surface area contributed by atoms with E-state index in [4.69, 9.17) is 16.1 Å². The Balaban J connectivity index is 1.82. The van der Waals surface area contributed by atoms with Crippen molar-refractivity contribution in [2.24, 2.45) is 0 Å². The van der Waals surface area contributed by atoms with Crippen molar-refractivity contribution >= 4 is 21.6 Å². The summed E-state index contributed by atoms with van der Waals surface area (Å²) in [6.07, 6.45) is 0. The molecule has 1 N–H and O–H groups in total. The van der Waals surface area contributed by atoms with Crippen LogP contribution in [0.15, 0.2) is 51.9 Å². The number of halogens is 1. The van der Waals surface area contributed by atoms with Gasteiger partial charge in [-0.25, -0.2) is 13.1 Å². The van der Waals surface area contributed by atoms with Crippen LogP contribution in [-0.4, -0.2) is 13.6 Å². The molecule has 0 bridgehead atoms. The fourth-order valence-electron chi connectivity index (χ4n) is 2.78. The lowest BCUT2D eigenvalue weighted by Crippen LogP contribution is -2.23. The van der Waals surface area contributed by atoms with Crippen molar-refractivity contribution < 1.29 is 12.9 Å². The van der Waals surface area contributed by atoms with Crippen LogP contribution in [0.2, 0.25) is 5.02 Å². The molecule has 5 nitrogen and oxygen atoms in total. The van der Waals surface area contributed by atoms with Crippen molar-refractivity contribution in [3.63, 3.8) is 0 Å². The van der Waals surface area contributed by atoms with Gasteiger partial charge in [-0.15, -0.1) is 0 Å². The van der Waals surface area contributed by atoms with Crippen LogP contribution in [0, 0.1) is 20.8 Å². The van der Waals surface area contributed by atoms with Crippen LogP contribution in [-0.2, 0) is 16.6 Å². The van der Waals surface area contributed by atoms with Crippen LogP contribution in [0.4, 0.5) is 0 Å². The summed E-state index contributed by atoms with van der Waals surface area (Å²) in [6, 6.07) is 12.3. The maximum Gasteiger partial charge on any atom is 0.240 e. The Morgan fingerprint density at radius 1 is 1.12 bits per heavy atom. The third-order valence-corrected chi connectivity index (χ3v) is 5.98. The quantitative estimate of drug-likeness (QED) is 0.700. The summed E-state index contributed by atoms with van der Waals surface area (Å²) < 4.78 is 32.9. The molecule has 0 aliphatic heterocycles. The predicted molar refractivity (Wildman–Crippen MR) is 102 cm³/mol. The summed E-state index contributed by atoms with van der Waals surface area (Å²) in [5, 5.41) is 4.50. The van der Waals surface area contributed by atoms with E-state index in [1.54, 1.807) is 19.1 Å². The van der Waals surface area contributed by atoms with Gasteiger partial charge in [0.25, 0.3) is 0 Å². The van der Waals surface area contributed by atoms with E-state index in [9.17, 15) is 8.42 Å². The van der Waals surface area contributed by atoms with Gasteiger partial charge in [0.1, 0.15) is 5.76 Å². The molecule has 0 saturated heterocycles. The van der Waals surface area contributed by atoms with E-state index < -0.39 is 10.0 Å². The van der Waals surface area contributed by atoms with Crippen LogP contribution < -0.4 is 4.72 Å². The zero-order valence-corrected chi connectivity index (χ0v) is 16.3. The van der Waals surface area contributed by atoms with Gasteiger partial charge in [-0.1, -0.05) is 35.0 Å². The van der Waals surface area contributed by atoms with Crippen LogP contribution >= 0.6 is 11.6 Å². The molecule has 3 rings (SSSR count). The highest BCUT2D eigenvalue weighted by Gasteiger charge is 2.16. The first-order chi connectivity index (χ1) is 12.3. The van der Waals surface area contributed by atoms with Crippen molar-refractivity contribution in [1.29, 1.82) is 0 Å². The summed E-state index contributed by atoms with van der Waals surface area (Å²) in [4.78, 5) is 0.196. The van der Waals surface area contributed by atoms with E-state index in [2.05, 4.69) is 9.88 Å². The molecule has 1 aromatic heterocycles. The average Bonchev–Trinajstić information content (AvgIpc) is 2.94. The molecule has 0 atom stereocenters. The third kappa shape index (κ3) is 3.82. The number of nitrogens with zero attached hydrogens (tertiary/aromatic N) is 1. The SMILES string of the molecule is Cc1cc(S(=O)(=O)NCc2cccc(-c3c(C)noc3C)c2)ccc1Cl. The molecule has 0 fully saturated rings. The zero-order valence-electron chi connectivity index (χ0n) is 14.7. The Morgan fingerprint density at radius 3 is 2.54 bits per heavy atom. The first kappa shape index (κ1) is 18.6. The molecule has 0 aliphatic carbocycles. The molecule has 2 aromatic carbocycles. The Bertz CT molecular complexity index is 1040. The van der Waals surface area contributed by atoms with Crippen LogP contribution in [0.25, 0.3) is 11.1 Å². The second-order valence-corrected chi connectivity index (χ2v) is 8.31. The molecular formula is C19H19ClN2O3S. The number of nitrogens with one attached hydrogen (secondary N) is 1. The standard InChI is InChI=1S/C19H19ClN2O3S/c1-12-9-17(7-8-18(12)20)26(23,24)21-11-15-5-4-6-16(10-15)19-13(2)22-25-14(19)3/h4-10,21H,11H2,1-3H3. The van der Waals surface area contributed by atoms with Gasteiger partial charge in [-0.2, -0.15) is 0 Å². The molecule has 0 spiro atoms. The Kier molecular flexibility index (Phi) is 5.18. The number of sulfonamides is 1. The zero-order chi connectivity index (χ0) is 18.9. The molecule has 1 heterocycles. The minimum absolute atomic E-state index is 0.182. The molecule has 0 saturated carbocycles. The highest BCUT2D eigenvalue weighted by molar-refractivity contribution is 7.89. The number of hydrogen-bond acceptors (Lipinski definition) is 4. The largest absolute Gasteiger partial charge is 0.361 e. The summed E-state index contributed by atoms with van der Waals surface area (Å²) in [7, 11) is -3.62. The van der Waals surface area contributed by atoms with Crippen molar-refractivity contribution in [1.82, 2.24) is 9.88 Å². The van der Waals surface area contributed by atoms with Gasteiger partial charge in [0, 0.05) is 17.1 Å². The first-order valence-electron chi connectivity index (χ1n) is 8.06. The van der Waals surface area contributed by atoms with Gasteiger partial charge in [0.05, 0.1) is 10.6 Å². The molecule has 7 heteroatoms. The topological polar surface area (TPSA) is 72.2 Å². The number of hydrogen-bond donors (Lipinski definition) is 1. The van der Waals surface area contributed by atoms with E-state index in [0.29, 0.717) is 5.02 Å². The summed E-state index contributed by atoms with van der Waals surface area (Å²) in [5.74, 6) is 0.733. The van der Waals surface area contributed by atoms with Gasteiger partial charge >= 0.3 is 0 Å². The molecule has 0 aliphatic rings. The van der Waals surface area contributed by atoms with Gasteiger partial charge in [0.2, 0.25) is 10.0 Å². The molecular weight excluding hydrogens is 372 g/mol. The highest BCUT2D eigenvalue weighted by atomic mass is 35.5. The van der Waals surface area contributed by atoms with Gasteiger partial charge in [0.15, 0.2) is 0 Å². The van der Waals surface area contributed by atoms with Crippen LogP contribution in [0.5, 0.6) is 0 Å². The number of aryl methyl sites for hydroxylation is 3. The van der Waals surface area contributed by atoms with E-state index >= 15 is 0 Å². The lowest BCUT2D eigenvalue weighted by Gasteiger charge is -2.09. The van der Waals surface area contributed by atoms with E-state index in [1.165, 1.54) is 6.07 Å². The first-order valence-corrected chi connectivity index (χ1v) is 9.92. The van der Waals surface area contributed by atoms with E-state index in [-0.39, 0.29) is 11.4 Å². The normalized spacial score (nSPS) is 11.7. The highest BCUT2D eigenvalue weighted by Crippen LogP contribution is 2.27. The average molecular weight is 391 g/mol. The van der Waals surface area contributed by atoms with Crippen molar-refractivity contribution in [2.45, 2.75) is 32.2 Å². The van der Waals surface area contributed by atoms with Crippen molar-refractivity contribution in [2.75, 3.05) is 0 Å². The second kappa shape index (κ2) is 7.23. The maximum absolute atomic E-state index is 12.5. The Labute approximate surface area is 158 Å². The Morgan fingerprint density at radius 2 is 1.88 bits per heavy atom. The molecule has 3 aromatic rings. The van der Waals surface area contributed by atoms with E-state index in [0.717, 1.165) is 33.7 Å². The molecule has 26 heavy (non-hydrogen) atoms. The fourth-order valence-corrected chi connectivity index (χ4v) is 4.00. The van der Waals surface area contributed by atoms with Crippen LogP contribution in [0.3, 0.4) is 0 Å². The molecule has 0 unspecified atom stereocenters. The third-order valence-electron chi connectivity index (χ3n) is 4.16. The number of rotatable bonds is 5. The smallest absolute Gasteiger partial charge is 0.240 e. The fraction of sp³-hybridized carbons (Fsp3) is 0.211. The minimum Gasteiger partial charge on any atom is -0.361 e. The monoisotopic (exact) mass is 390 g/mol. The molecule has 0 radical (unpaired) electrons. The number of benzene rings is 2. The van der Waals surface area contributed by atoms with Crippen molar-refractivity contribution in [3.05, 3.63) is 70.1 Å². The lowest BCUT2D eigenvalue weighted by molar-refractivity contribution is 0.393. The van der Waals surface area contributed by atoms with Gasteiger partial charge in [-0.3, -0.25) is 0 Å². The molecule has 136 valence electrons. The summed E-state index contributed by atoms with van der Waals surface area (Å²) >= 11 is 5.97. The Hall–Kier alpha value is -2.15. The minimum atomic E-state index is -3.62. The maximum atomic E-state index is 12.5. The lowest BCUT2D eigenvalue weighted by atomic mass is 10.0. The van der Waals surface area contributed by atoms with Crippen molar-refractivity contribution in [3.8, 4) is 11.1 Å².